The molecule has 2 aromatic carbocycles. The lowest BCUT2D eigenvalue weighted by Crippen LogP contribution is -2.18. The van der Waals surface area contributed by atoms with E-state index < -0.39 is 10.8 Å². The zero-order valence-electron chi connectivity index (χ0n) is 13.1. The average Bonchev–Trinajstić information content (AvgIpc) is 2.61. The lowest BCUT2D eigenvalue weighted by atomic mass is 10.1. The van der Waals surface area contributed by atoms with Crippen LogP contribution in [0.15, 0.2) is 47.6 Å². The zero-order chi connectivity index (χ0) is 17.5. The van der Waals surface area contributed by atoms with E-state index in [0.717, 1.165) is 6.07 Å². The normalized spacial score (nSPS) is 10.4. The van der Waals surface area contributed by atoms with Gasteiger partial charge in [0.25, 0.3) is 11.6 Å². The van der Waals surface area contributed by atoms with E-state index in [1.54, 1.807) is 18.2 Å². The minimum Gasteiger partial charge on any atom is -0.496 e. The maximum atomic E-state index is 12.2. The topological polar surface area (TPSA) is 103 Å². The third-order valence-corrected chi connectivity index (χ3v) is 3.15. The van der Waals surface area contributed by atoms with E-state index in [2.05, 4.69) is 10.5 Å². The summed E-state index contributed by atoms with van der Waals surface area (Å²) in [5, 5.41) is 14.7. The number of non-ortho nitro benzene ring substituents is 1. The molecule has 1 amide bonds. The number of carbonyl (C=O) groups is 1. The molecule has 24 heavy (non-hydrogen) atoms. The Morgan fingerprint density at radius 1 is 1.17 bits per heavy atom. The number of nitro benzene ring substituents is 1. The molecular weight excluding hydrogens is 314 g/mol. The van der Waals surface area contributed by atoms with Crippen molar-refractivity contribution in [1.29, 1.82) is 0 Å². The van der Waals surface area contributed by atoms with Gasteiger partial charge in [0.05, 0.1) is 30.9 Å². The second kappa shape index (κ2) is 7.73. The summed E-state index contributed by atoms with van der Waals surface area (Å²) in [6, 6.07) is 10.9. The van der Waals surface area contributed by atoms with E-state index in [0.29, 0.717) is 11.3 Å². The van der Waals surface area contributed by atoms with Crippen molar-refractivity contribution in [3.05, 3.63) is 63.7 Å². The number of para-hydroxylation sites is 1. The van der Waals surface area contributed by atoms with Crippen molar-refractivity contribution in [2.75, 3.05) is 14.2 Å². The van der Waals surface area contributed by atoms with Crippen molar-refractivity contribution < 1.29 is 19.2 Å². The Morgan fingerprint density at radius 3 is 2.54 bits per heavy atom. The van der Waals surface area contributed by atoms with Gasteiger partial charge in [0.15, 0.2) is 0 Å². The number of hydrogen-bond acceptors (Lipinski definition) is 6. The van der Waals surface area contributed by atoms with Gasteiger partial charge in [-0.05, 0) is 18.2 Å². The monoisotopic (exact) mass is 329 g/mol. The summed E-state index contributed by atoms with van der Waals surface area (Å²) in [5.41, 5.74) is 2.79. The highest BCUT2D eigenvalue weighted by molar-refractivity contribution is 5.98. The van der Waals surface area contributed by atoms with Crippen LogP contribution in [0.25, 0.3) is 0 Å². The fraction of sp³-hybridized carbons (Fsp3) is 0.125. The number of carbonyl (C=O) groups excluding carboxylic acids is 1. The van der Waals surface area contributed by atoms with Crippen LogP contribution in [-0.4, -0.2) is 31.3 Å². The SMILES string of the molecule is COc1ccccc1/C=N\NC(=O)c1cc([N+](=O)[O-])ccc1OC. The first-order chi connectivity index (χ1) is 11.6. The molecule has 124 valence electrons. The summed E-state index contributed by atoms with van der Waals surface area (Å²) >= 11 is 0. The van der Waals surface area contributed by atoms with Crippen molar-refractivity contribution in [2.45, 2.75) is 0 Å². The molecule has 1 N–H and O–H groups in total. The minimum absolute atomic E-state index is 0.0175. The van der Waals surface area contributed by atoms with Gasteiger partial charge in [-0.1, -0.05) is 12.1 Å². The molecule has 2 rings (SSSR count). The number of nitrogens with one attached hydrogen (secondary N) is 1. The number of nitro groups is 1. The van der Waals surface area contributed by atoms with Crippen molar-refractivity contribution in [2.24, 2.45) is 5.10 Å². The van der Waals surface area contributed by atoms with E-state index in [-0.39, 0.29) is 17.0 Å². The predicted molar refractivity (Wildman–Crippen MR) is 87.7 cm³/mol. The molecule has 8 heteroatoms. The molecule has 0 bridgehead atoms. The lowest BCUT2D eigenvalue weighted by molar-refractivity contribution is -0.384. The Kier molecular flexibility index (Phi) is 5.45. The predicted octanol–water partition coefficient (Wildman–Crippen LogP) is 2.38. The van der Waals surface area contributed by atoms with Gasteiger partial charge in [-0.2, -0.15) is 5.10 Å². The number of amides is 1. The highest BCUT2D eigenvalue weighted by atomic mass is 16.6. The summed E-state index contributed by atoms with van der Waals surface area (Å²) in [6.07, 6.45) is 1.42. The van der Waals surface area contributed by atoms with Crippen LogP contribution in [0.4, 0.5) is 5.69 Å². The molecule has 0 spiro atoms. The quantitative estimate of drug-likeness (QED) is 0.498. The van der Waals surface area contributed by atoms with Gasteiger partial charge < -0.3 is 9.47 Å². The summed E-state index contributed by atoms with van der Waals surface area (Å²) < 4.78 is 10.2. The maximum absolute atomic E-state index is 12.2. The number of hydrogen-bond donors (Lipinski definition) is 1. The largest absolute Gasteiger partial charge is 0.496 e. The lowest BCUT2D eigenvalue weighted by Gasteiger charge is -2.07. The Hall–Kier alpha value is -3.42. The van der Waals surface area contributed by atoms with Gasteiger partial charge in [-0.15, -0.1) is 0 Å². The van der Waals surface area contributed by atoms with E-state index in [9.17, 15) is 14.9 Å². The molecule has 0 aliphatic carbocycles. The highest BCUT2D eigenvalue weighted by Crippen LogP contribution is 2.23. The molecule has 0 aliphatic rings. The van der Waals surface area contributed by atoms with E-state index in [1.807, 2.05) is 6.07 Å². The van der Waals surface area contributed by atoms with Gasteiger partial charge in [0, 0.05) is 17.7 Å². The third kappa shape index (κ3) is 3.86. The molecular formula is C16H15N3O5. The van der Waals surface area contributed by atoms with Crippen LogP contribution in [0.5, 0.6) is 11.5 Å². The smallest absolute Gasteiger partial charge is 0.275 e. The summed E-state index contributed by atoms with van der Waals surface area (Å²) in [5.74, 6) is 0.190. The standard InChI is InChI=1S/C16H15N3O5/c1-23-14-6-4-3-5-11(14)10-17-18-16(20)13-9-12(19(21)22)7-8-15(13)24-2/h3-10H,1-2H3,(H,18,20)/b17-10-. The van der Waals surface area contributed by atoms with Crippen molar-refractivity contribution in [1.82, 2.24) is 5.43 Å². The van der Waals surface area contributed by atoms with Gasteiger partial charge in [-0.3, -0.25) is 14.9 Å². The zero-order valence-corrected chi connectivity index (χ0v) is 13.1. The number of nitrogens with zero attached hydrogens (tertiary/aromatic N) is 2. The maximum Gasteiger partial charge on any atom is 0.275 e. The van der Waals surface area contributed by atoms with Crippen LogP contribution in [0, 0.1) is 10.1 Å². The fourth-order valence-corrected chi connectivity index (χ4v) is 1.98. The molecule has 0 saturated carbocycles. The number of ether oxygens (including phenoxy) is 2. The van der Waals surface area contributed by atoms with E-state index >= 15 is 0 Å². The van der Waals surface area contributed by atoms with E-state index in [1.165, 1.54) is 32.6 Å². The molecule has 8 nitrogen and oxygen atoms in total. The van der Waals surface area contributed by atoms with Crippen LogP contribution in [0.2, 0.25) is 0 Å². The number of benzene rings is 2. The van der Waals surface area contributed by atoms with Crippen LogP contribution >= 0.6 is 0 Å². The molecule has 0 saturated heterocycles. The van der Waals surface area contributed by atoms with Gasteiger partial charge in [0.1, 0.15) is 11.5 Å². The minimum atomic E-state index is -0.623. The molecule has 0 atom stereocenters. The van der Waals surface area contributed by atoms with Crippen LogP contribution in [-0.2, 0) is 0 Å². The molecule has 2 aromatic rings. The average molecular weight is 329 g/mol. The molecule has 0 radical (unpaired) electrons. The Labute approximate surface area is 137 Å². The molecule has 0 fully saturated rings. The second-order valence-electron chi connectivity index (χ2n) is 4.58. The summed E-state index contributed by atoms with van der Waals surface area (Å²) in [7, 11) is 2.90. The summed E-state index contributed by atoms with van der Waals surface area (Å²) in [6.45, 7) is 0. The Balaban J connectivity index is 2.19. The van der Waals surface area contributed by atoms with Crippen LogP contribution < -0.4 is 14.9 Å². The fourth-order valence-electron chi connectivity index (χ4n) is 1.98. The van der Waals surface area contributed by atoms with Crippen molar-refractivity contribution in [3.8, 4) is 11.5 Å². The number of rotatable bonds is 6. The van der Waals surface area contributed by atoms with E-state index in [4.69, 9.17) is 9.47 Å². The molecule has 0 heterocycles. The van der Waals surface area contributed by atoms with Crippen LogP contribution in [0.1, 0.15) is 15.9 Å². The van der Waals surface area contributed by atoms with Gasteiger partial charge >= 0.3 is 0 Å². The highest BCUT2D eigenvalue weighted by Gasteiger charge is 2.17. The van der Waals surface area contributed by atoms with Gasteiger partial charge in [0.2, 0.25) is 0 Å². The molecule has 0 aromatic heterocycles. The van der Waals surface area contributed by atoms with Crippen LogP contribution in [0.3, 0.4) is 0 Å². The third-order valence-electron chi connectivity index (χ3n) is 3.15. The molecule has 0 unspecified atom stereocenters. The second-order valence-corrected chi connectivity index (χ2v) is 4.58. The van der Waals surface area contributed by atoms with Crippen molar-refractivity contribution >= 4 is 17.8 Å². The van der Waals surface area contributed by atoms with Gasteiger partial charge in [-0.25, -0.2) is 5.43 Å². The number of methoxy groups -OCH3 is 2. The first-order valence-corrected chi connectivity index (χ1v) is 6.85. The van der Waals surface area contributed by atoms with Crippen molar-refractivity contribution in [3.63, 3.8) is 0 Å². The first-order valence-electron chi connectivity index (χ1n) is 6.85. The Bertz CT molecular complexity index is 789. The summed E-state index contributed by atoms with van der Waals surface area (Å²) in [4.78, 5) is 22.4. The number of hydrazone groups is 1. The Morgan fingerprint density at radius 2 is 1.88 bits per heavy atom. The molecule has 0 aliphatic heterocycles. The first kappa shape index (κ1) is 16.9.